The molecule has 0 radical (unpaired) electrons. The van der Waals surface area contributed by atoms with Gasteiger partial charge in [0.1, 0.15) is 0 Å². The number of amides is 1. The van der Waals surface area contributed by atoms with E-state index in [2.05, 4.69) is 27.5 Å². The van der Waals surface area contributed by atoms with Crippen LogP contribution in [0.3, 0.4) is 0 Å². The second kappa shape index (κ2) is 8.49. The van der Waals surface area contributed by atoms with Crippen LogP contribution in [0.1, 0.15) is 30.9 Å². The number of carbonyl (C=O) groups excluding carboxylic acids is 1. The van der Waals surface area contributed by atoms with E-state index < -0.39 is 0 Å². The van der Waals surface area contributed by atoms with E-state index in [9.17, 15) is 9.59 Å². The fourth-order valence-corrected chi connectivity index (χ4v) is 2.96. The fraction of sp³-hybridized carbons (Fsp3) is 0.300. The van der Waals surface area contributed by atoms with Crippen molar-refractivity contribution < 1.29 is 4.79 Å². The first-order valence-electron chi connectivity index (χ1n) is 8.95. The average Bonchev–Trinajstić information content (AvgIpc) is 3.00. The van der Waals surface area contributed by atoms with Crippen molar-refractivity contribution in [3.8, 4) is 0 Å². The summed E-state index contributed by atoms with van der Waals surface area (Å²) in [6, 6.07) is 13.7. The van der Waals surface area contributed by atoms with E-state index >= 15 is 0 Å². The molecule has 0 bridgehead atoms. The Morgan fingerprint density at radius 1 is 1.08 bits per heavy atom. The number of fused-ring (bicyclic) bond motifs is 1. The van der Waals surface area contributed by atoms with Crippen LogP contribution in [0, 0.1) is 0 Å². The Bertz CT molecular complexity index is 942. The van der Waals surface area contributed by atoms with Crippen molar-refractivity contribution in [3.63, 3.8) is 0 Å². The molecule has 0 aliphatic carbocycles. The quantitative estimate of drug-likeness (QED) is 0.502. The Morgan fingerprint density at radius 3 is 2.73 bits per heavy atom. The molecule has 4 N–H and O–H groups in total. The molecule has 0 aliphatic rings. The van der Waals surface area contributed by atoms with Crippen molar-refractivity contribution in [2.75, 3.05) is 11.9 Å². The van der Waals surface area contributed by atoms with Gasteiger partial charge in [0.05, 0.1) is 11.0 Å². The van der Waals surface area contributed by atoms with E-state index in [-0.39, 0.29) is 11.6 Å². The Balaban J connectivity index is 1.53. The van der Waals surface area contributed by atoms with E-state index in [0.29, 0.717) is 6.42 Å². The van der Waals surface area contributed by atoms with Crippen LogP contribution in [0.15, 0.2) is 47.3 Å². The van der Waals surface area contributed by atoms with Crippen LogP contribution in [-0.4, -0.2) is 22.4 Å². The van der Waals surface area contributed by atoms with Gasteiger partial charge in [-0.15, -0.1) is 0 Å². The number of carbonyl (C=O) groups is 1. The van der Waals surface area contributed by atoms with E-state index in [1.54, 1.807) is 0 Å². The van der Waals surface area contributed by atoms with Crippen molar-refractivity contribution >= 4 is 22.6 Å². The molecule has 1 aromatic heterocycles. The van der Waals surface area contributed by atoms with Crippen molar-refractivity contribution in [2.24, 2.45) is 0 Å². The molecule has 26 heavy (non-hydrogen) atoms. The van der Waals surface area contributed by atoms with Gasteiger partial charge in [0, 0.05) is 18.7 Å². The molecule has 1 amide bonds. The number of imidazole rings is 1. The molecule has 0 aliphatic heterocycles. The lowest BCUT2D eigenvalue weighted by molar-refractivity contribution is -0.116. The minimum atomic E-state index is -0.201. The maximum atomic E-state index is 12.3. The van der Waals surface area contributed by atoms with E-state index in [1.165, 1.54) is 0 Å². The minimum absolute atomic E-state index is 0.0186. The highest BCUT2D eigenvalue weighted by molar-refractivity contribution is 5.91. The van der Waals surface area contributed by atoms with Gasteiger partial charge in [0.15, 0.2) is 0 Å². The summed E-state index contributed by atoms with van der Waals surface area (Å²) in [7, 11) is 0. The predicted molar refractivity (Wildman–Crippen MR) is 104 cm³/mol. The summed E-state index contributed by atoms with van der Waals surface area (Å²) in [5.41, 5.74) is 4.46. The fourth-order valence-electron chi connectivity index (χ4n) is 2.96. The van der Waals surface area contributed by atoms with Crippen molar-refractivity contribution in [1.82, 2.24) is 15.3 Å². The molecule has 3 rings (SSSR count). The van der Waals surface area contributed by atoms with Crippen molar-refractivity contribution in [1.29, 1.82) is 0 Å². The lowest BCUT2D eigenvalue weighted by Crippen LogP contribution is -2.16. The molecule has 2 aromatic carbocycles. The summed E-state index contributed by atoms with van der Waals surface area (Å²) in [6.45, 7) is 3.68. The third-order valence-corrected chi connectivity index (χ3v) is 4.31. The van der Waals surface area contributed by atoms with Gasteiger partial charge in [-0.1, -0.05) is 31.2 Å². The van der Waals surface area contributed by atoms with Gasteiger partial charge >= 0.3 is 5.69 Å². The molecule has 0 atom stereocenters. The molecular formula is C20H24N4O2. The number of nitrogens with one attached hydrogen (secondary N) is 4. The number of anilines is 1. The molecule has 0 saturated heterocycles. The number of para-hydroxylation sites is 1. The lowest BCUT2D eigenvalue weighted by Gasteiger charge is -2.11. The Kier molecular flexibility index (Phi) is 5.86. The zero-order valence-corrected chi connectivity index (χ0v) is 14.9. The largest absolute Gasteiger partial charge is 0.326 e. The second-order valence-electron chi connectivity index (χ2n) is 6.30. The topological polar surface area (TPSA) is 89.8 Å². The molecule has 0 fully saturated rings. The standard InChI is InChI=1S/C20H24N4O2/c1-2-21-13-15-7-3-4-8-16(15)22-19(25)9-5-6-14-10-11-17-18(12-14)24-20(26)23-17/h3-4,7-8,10-12,21H,2,5-6,9,13H2,1H3,(H,22,25)(H2,23,24,26). The van der Waals surface area contributed by atoms with Gasteiger partial charge in [0.25, 0.3) is 0 Å². The van der Waals surface area contributed by atoms with Gasteiger partial charge in [-0.3, -0.25) is 4.79 Å². The minimum Gasteiger partial charge on any atom is -0.326 e. The van der Waals surface area contributed by atoms with E-state index in [4.69, 9.17) is 0 Å². The van der Waals surface area contributed by atoms with Crippen LogP contribution >= 0.6 is 0 Å². The van der Waals surface area contributed by atoms with Gasteiger partial charge in [0.2, 0.25) is 5.91 Å². The third-order valence-electron chi connectivity index (χ3n) is 4.31. The number of aryl methyl sites for hydroxylation is 1. The lowest BCUT2D eigenvalue weighted by atomic mass is 10.1. The maximum Gasteiger partial charge on any atom is 0.323 e. The highest BCUT2D eigenvalue weighted by Gasteiger charge is 2.07. The first-order valence-corrected chi connectivity index (χ1v) is 8.95. The molecule has 6 nitrogen and oxygen atoms in total. The van der Waals surface area contributed by atoms with Crippen LogP contribution in [0.25, 0.3) is 11.0 Å². The monoisotopic (exact) mass is 352 g/mol. The van der Waals surface area contributed by atoms with Crippen LogP contribution < -0.4 is 16.3 Å². The van der Waals surface area contributed by atoms with Crippen molar-refractivity contribution in [2.45, 2.75) is 32.7 Å². The Morgan fingerprint density at radius 2 is 1.88 bits per heavy atom. The first-order chi connectivity index (χ1) is 12.7. The number of hydrogen-bond acceptors (Lipinski definition) is 3. The van der Waals surface area contributed by atoms with Crippen LogP contribution in [0.4, 0.5) is 5.69 Å². The zero-order valence-electron chi connectivity index (χ0n) is 14.9. The van der Waals surface area contributed by atoms with Gasteiger partial charge in [-0.25, -0.2) is 4.79 Å². The third kappa shape index (κ3) is 4.61. The molecule has 1 heterocycles. The normalized spacial score (nSPS) is 11.0. The van der Waals surface area contributed by atoms with Crippen LogP contribution in [0.2, 0.25) is 0 Å². The predicted octanol–water partition coefficient (Wildman–Crippen LogP) is 2.93. The molecule has 3 aromatic rings. The number of benzene rings is 2. The summed E-state index contributed by atoms with van der Waals surface area (Å²) < 4.78 is 0. The molecule has 0 saturated carbocycles. The summed E-state index contributed by atoms with van der Waals surface area (Å²) in [4.78, 5) is 29.0. The summed E-state index contributed by atoms with van der Waals surface area (Å²) in [6.07, 6.45) is 1.99. The molecule has 6 heteroatoms. The van der Waals surface area contributed by atoms with Gasteiger partial charge in [-0.2, -0.15) is 0 Å². The highest BCUT2D eigenvalue weighted by atomic mass is 16.1. The van der Waals surface area contributed by atoms with Gasteiger partial charge in [-0.05, 0) is 48.7 Å². The molecule has 0 unspecified atom stereocenters. The van der Waals surface area contributed by atoms with Crippen molar-refractivity contribution in [3.05, 3.63) is 64.1 Å². The summed E-state index contributed by atoms with van der Waals surface area (Å²) in [5.74, 6) is 0.0186. The molecular weight excluding hydrogens is 328 g/mol. The average molecular weight is 352 g/mol. The smallest absolute Gasteiger partial charge is 0.323 e. The SMILES string of the molecule is CCNCc1ccccc1NC(=O)CCCc1ccc2[nH]c(=O)[nH]c2c1. The summed E-state index contributed by atoms with van der Waals surface area (Å²) in [5, 5.41) is 6.29. The van der Waals surface area contributed by atoms with E-state index in [1.807, 2.05) is 42.5 Å². The van der Waals surface area contributed by atoms with E-state index in [0.717, 1.165) is 53.8 Å². The number of H-pyrrole nitrogens is 2. The maximum absolute atomic E-state index is 12.3. The zero-order chi connectivity index (χ0) is 18.4. The van der Waals surface area contributed by atoms with Crippen LogP contribution in [0.5, 0.6) is 0 Å². The molecule has 136 valence electrons. The first kappa shape index (κ1) is 17.9. The van der Waals surface area contributed by atoms with Crippen LogP contribution in [-0.2, 0) is 17.8 Å². The van der Waals surface area contributed by atoms with Gasteiger partial charge < -0.3 is 20.6 Å². The highest BCUT2D eigenvalue weighted by Crippen LogP contribution is 2.16. The number of aromatic amines is 2. The molecule has 0 spiro atoms. The number of hydrogen-bond donors (Lipinski definition) is 4. The second-order valence-corrected chi connectivity index (χ2v) is 6.30. The number of rotatable bonds is 8. The summed E-state index contributed by atoms with van der Waals surface area (Å²) >= 11 is 0. The number of aromatic nitrogens is 2. The Hall–Kier alpha value is -2.86. The Labute approximate surface area is 152 Å².